The molecule has 2 atom stereocenters. The zero-order valence-corrected chi connectivity index (χ0v) is 14.2. The van der Waals surface area contributed by atoms with Gasteiger partial charge in [-0.05, 0) is 57.1 Å². The van der Waals surface area contributed by atoms with Crippen molar-refractivity contribution in [2.24, 2.45) is 5.92 Å². The van der Waals surface area contributed by atoms with Gasteiger partial charge in [0.25, 0.3) is 0 Å². The summed E-state index contributed by atoms with van der Waals surface area (Å²) in [4.78, 5) is 16.6. The van der Waals surface area contributed by atoms with E-state index < -0.39 is 23.9 Å². The number of benzene rings is 1. The first kappa shape index (κ1) is 18.2. The first-order valence-electron chi connectivity index (χ1n) is 8.60. The Labute approximate surface area is 145 Å². The summed E-state index contributed by atoms with van der Waals surface area (Å²) in [5, 5.41) is 10.0. The molecular formula is C18H23F3N2O2. The molecule has 1 aromatic rings. The van der Waals surface area contributed by atoms with Crippen LogP contribution in [0, 0.1) is 5.92 Å². The van der Waals surface area contributed by atoms with Crippen molar-refractivity contribution >= 4 is 5.91 Å². The van der Waals surface area contributed by atoms with E-state index in [1.54, 1.807) is 11.0 Å². The molecule has 0 unspecified atom stereocenters. The minimum Gasteiger partial charge on any atom is -0.391 e. The number of aliphatic hydroxyl groups is 1. The van der Waals surface area contributed by atoms with Gasteiger partial charge in [-0.15, -0.1) is 0 Å². The Hall–Kier alpha value is -1.60. The molecule has 0 spiro atoms. The molecule has 7 heteroatoms. The van der Waals surface area contributed by atoms with Crippen LogP contribution >= 0.6 is 0 Å². The quantitative estimate of drug-likeness (QED) is 0.886. The Morgan fingerprint density at radius 3 is 2.56 bits per heavy atom. The molecule has 2 aliphatic heterocycles. The zero-order valence-electron chi connectivity index (χ0n) is 14.2. The molecule has 0 bridgehead atoms. The monoisotopic (exact) mass is 356 g/mol. The number of β-amino-alcohol motifs (C(OH)–C–C–N with tert-alkyl or cyclic N) is 1. The molecule has 4 nitrogen and oxygen atoms in total. The number of aliphatic hydroxyl groups excluding tert-OH is 1. The van der Waals surface area contributed by atoms with Crippen LogP contribution in [-0.4, -0.2) is 53.6 Å². The van der Waals surface area contributed by atoms with E-state index in [9.17, 15) is 23.1 Å². The first-order chi connectivity index (χ1) is 11.8. The Balaban J connectivity index is 1.81. The van der Waals surface area contributed by atoms with E-state index in [1.807, 2.05) is 7.05 Å². The summed E-state index contributed by atoms with van der Waals surface area (Å²) < 4.78 is 38.9. The molecule has 0 saturated carbocycles. The summed E-state index contributed by atoms with van der Waals surface area (Å²) in [6, 6.07) is 4.59. The lowest BCUT2D eigenvalue weighted by molar-refractivity contribution is -0.138. The number of alkyl halides is 3. The first-order valence-corrected chi connectivity index (χ1v) is 8.60. The molecule has 2 fully saturated rings. The van der Waals surface area contributed by atoms with E-state index in [2.05, 4.69) is 4.90 Å². The highest BCUT2D eigenvalue weighted by Gasteiger charge is 2.39. The lowest BCUT2D eigenvalue weighted by Gasteiger charge is -2.33. The molecule has 138 valence electrons. The van der Waals surface area contributed by atoms with Crippen molar-refractivity contribution in [1.82, 2.24) is 9.80 Å². The van der Waals surface area contributed by atoms with Gasteiger partial charge in [0.05, 0.1) is 17.7 Å². The minimum absolute atomic E-state index is 0.0490. The van der Waals surface area contributed by atoms with Crippen molar-refractivity contribution in [3.8, 4) is 0 Å². The topological polar surface area (TPSA) is 43.8 Å². The van der Waals surface area contributed by atoms with E-state index in [1.165, 1.54) is 6.07 Å². The maximum atomic E-state index is 13.0. The van der Waals surface area contributed by atoms with Crippen molar-refractivity contribution < 1.29 is 23.1 Å². The summed E-state index contributed by atoms with van der Waals surface area (Å²) in [5.74, 6) is -0.165. The van der Waals surface area contributed by atoms with Crippen molar-refractivity contribution in [3.05, 3.63) is 35.4 Å². The molecule has 2 saturated heterocycles. The molecule has 1 aromatic carbocycles. The standard InChI is InChI=1S/C18H23F3N2O2/c1-22-7-5-12(6-8-22)17(25)23-11-15(24)10-16(23)13-3-2-4-14(9-13)18(19,20)21/h2-4,9,12,15-16,24H,5-8,10-11H2,1H3/t15-,16+/m1/s1. The predicted molar refractivity (Wildman–Crippen MR) is 86.7 cm³/mol. The Morgan fingerprint density at radius 1 is 1.24 bits per heavy atom. The predicted octanol–water partition coefficient (Wildman–Crippen LogP) is 2.68. The summed E-state index contributed by atoms with van der Waals surface area (Å²) in [6.07, 6.45) is -3.35. The van der Waals surface area contributed by atoms with Crippen LogP contribution in [0.1, 0.15) is 36.4 Å². The number of carbonyl (C=O) groups is 1. The highest BCUT2D eigenvalue weighted by Crippen LogP contribution is 2.37. The maximum Gasteiger partial charge on any atom is 0.416 e. The van der Waals surface area contributed by atoms with Gasteiger partial charge >= 0.3 is 6.18 Å². The number of hydrogen-bond acceptors (Lipinski definition) is 3. The summed E-state index contributed by atoms with van der Waals surface area (Å²) in [7, 11) is 2.01. The van der Waals surface area contributed by atoms with E-state index in [4.69, 9.17) is 0 Å². The maximum absolute atomic E-state index is 13.0. The summed E-state index contributed by atoms with van der Waals surface area (Å²) >= 11 is 0. The van der Waals surface area contributed by atoms with Crippen LogP contribution in [0.2, 0.25) is 0 Å². The molecule has 1 amide bonds. The Bertz CT molecular complexity index is 627. The minimum atomic E-state index is -4.42. The van der Waals surface area contributed by atoms with Crippen molar-refractivity contribution in [3.63, 3.8) is 0 Å². The molecule has 3 rings (SSSR count). The van der Waals surface area contributed by atoms with Gasteiger partial charge in [-0.25, -0.2) is 0 Å². The van der Waals surface area contributed by atoms with Crippen LogP contribution in [0.5, 0.6) is 0 Å². The average Bonchev–Trinajstić information content (AvgIpc) is 2.96. The van der Waals surface area contributed by atoms with Gasteiger partial charge in [0.2, 0.25) is 5.91 Å². The highest BCUT2D eigenvalue weighted by molar-refractivity contribution is 5.80. The van der Waals surface area contributed by atoms with Gasteiger partial charge in [0, 0.05) is 12.5 Å². The second-order valence-corrected chi connectivity index (χ2v) is 7.10. The van der Waals surface area contributed by atoms with Gasteiger partial charge < -0.3 is 14.9 Å². The molecule has 2 heterocycles. The van der Waals surface area contributed by atoms with Crippen LogP contribution in [0.3, 0.4) is 0 Å². The number of rotatable bonds is 2. The van der Waals surface area contributed by atoms with Crippen LogP contribution in [0.4, 0.5) is 13.2 Å². The normalized spacial score (nSPS) is 26.2. The van der Waals surface area contributed by atoms with Gasteiger partial charge in [-0.3, -0.25) is 4.79 Å². The second-order valence-electron chi connectivity index (χ2n) is 7.10. The smallest absolute Gasteiger partial charge is 0.391 e. The zero-order chi connectivity index (χ0) is 18.2. The Kier molecular flexibility index (Phi) is 5.06. The number of likely N-dealkylation sites (tertiary alicyclic amines) is 2. The fraction of sp³-hybridized carbons (Fsp3) is 0.611. The van der Waals surface area contributed by atoms with E-state index in [-0.39, 0.29) is 24.8 Å². The van der Waals surface area contributed by atoms with Crippen LogP contribution in [-0.2, 0) is 11.0 Å². The molecule has 0 aliphatic carbocycles. The molecule has 0 aromatic heterocycles. The molecule has 2 aliphatic rings. The van der Waals surface area contributed by atoms with Crippen molar-refractivity contribution in [1.29, 1.82) is 0 Å². The third-order valence-electron chi connectivity index (χ3n) is 5.23. The van der Waals surface area contributed by atoms with E-state index >= 15 is 0 Å². The summed E-state index contributed by atoms with van der Waals surface area (Å²) in [6.45, 7) is 1.86. The van der Waals surface area contributed by atoms with Crippen LogP contribution < -0.4 is 0 Å². The van der Waals surface area contributed by atoms with Crippen molar-refractivity contribution in [2.45, 2.75) is 37.6 Å². The number of hydrogen-bond donors (Lipinski definition) is 1. The van der Waals surface area contributed by atoms with Gasteiger partial charge in [0.1, 0.15) is 0 Å². The van der Waals surface area contributed by atoms with Crippen LogP contribution in [0.25, 0.3) is 0 Å². The number of nitrogens with zero attached hydrogens (tertiary/aromatic N) is 2. The third-order valence-corrected chi connectivity index (χ3v) is 5.23. The van der Waals surface area contributed by atoms with Gasteiger partial charge in [-0.1, -0.05) is 12.1 Å². The molecule has 1 N–H and O–H groups in total. The average molecular weight is 356 g/mol. The van der Waals surface area contributed by atoms with Gasteiger partial charge in [-0.2, -0.15) is 13.2 Å². The number of amides is 1. The molecule has 25 heavy (non-hydrogen) atoms. The fourth-order valence-corrected chi connectivity index (χ4v) is 3.79. The number of carbonyl (C=O) groups excluding carboxylic acids is 1. The molecular weight excluding hydrogens is 333 g/mol. The molecule has 0 radical (unpaired) electrons. The largest absolute Gasteiger partial charge is 0.416 e. The van der Waals surface area contributed by atoms with E-state index in [0.717, 1.165) is 38.1 Å². The lowest BCUT2D eigenvalue weighted by atomic mass is 9.94. The number of piperidine rings is 1. The Morgan fingerprint density at radius 2 is 1.92 bits per heavy atom. The highest BCUT2D eigenvalue weighted by atomic mass is 19.4. The summed E-state index contributed by atoms with van der Waals surface area (Å²) in [5.41, 5.74) is -0.286. The SMILES string of the molecule is CN1CCC(C(=O)N2C[C@H](O)C[C@H]2c2cccc(C(F)(F)F)c2)CC1. The fourth-order valence-electron chi connectivity index (χ4n) is 3.79. The lowest BCUT2D eigenvalue weighted by Crippen LogP contribution is -2.41. The van der Waals surface area contributed by atoms with Gasteiger partial charge in [0.15, 0.2) is 0 Å². The number of halogens is 3. The van der Waals surface area contributed by atoms with Crippen LogP contribution in [0.15, 0.2) is 24.3 Å². The third kappa shape index (κ3) is 3.98. The van der Waals surface area contributed by atoms with Crippen molar-refractivity contribution in [2.75, 3.05) is 26.7 Å². The van der Waals surface area contributed by atoms with E-state index in [0.29, 0.717) is 5.56 Å². The second kappa shape index (κ2) is 6.96.